The van der Waals surface area contributed by atoms with Gasteiger partial charge in [-0.3, -0.25) is 0 Å². The van der Waals surface area contributed by atoms with Crippen LogP contribution in [0.5, 0.6) is 5.75 Å². The monoisotopic (exact) mass is 226 g/mol. The number of benzene rings is 1. The van der Waals surface area contributed by atoms with E-state index in [0.717, 1.165) is 18.6 Å². The number of hydrogen-bond acceptors (Lipinski definition) is 1. The van der Waals surface area contributed by atoms with Crippen LogP contribution in [-0.2, 0) is 6.42 Å². The highest BCUT2D eigenvalue weighted by Crippen LogP contribution is 2.15. The Labute approximate surface area is 103 Å². The van der Waals surface area contributed by atoms with Crippen LogP contribution in [0.15, 0.2) is 60.2 Å². The van der Waals surface area contributed by atoms with Gasteiger partial charge in [0.25, 0.3) is 0 Å². The Morgan fingerprint density at radius 1 is 1.06 bits per heavy atom. The fourth-order valence-corrected chi connectivity index (χ4v) is 1.73. The first-order chi connectivity index (χ1) is 8.38. The maximum atomic E-state index is 5.76. The normalized spacial score (nSPS) is 14.3. The van der Waals surface area contributed by atoms with Crippen LogP contribution in [0.4, 0.5) is 0 Å². The molecule has 0 unspecified atom stereocenters. The third-order valence-corrected chi connectivity index (χ3v) is 2.83. The van der Waals surface area contributed by atoms with E-state index in [1.54, 1.807) is 0 Å². The smallest absolute Gasteiger partial charge is 0.119 e. The van der Waals surface area contributed by atoms with Crippen molar-refractivity contribution in [3.8, 4) is 5.75 Å². The summed E-state index contributed by atoms with van der Waals surface area (Å²) in [4.78, 5) is 0. The van der Waals surface area contributed by atoms with Crippen LogP contribution in [-0.4, -0.2) is 6.61 Å². The highest BCUT2D eigenvalue weighted by atomic mass is 16.5. The van der Waals surface area contributed by atoms with E-state index < -0.39 is 0 Å². The molecule has 1 nitrogen and oxygen atoms in total. The Kier molecular flexibility index (Phi) is 4.20. The van der Waals surface area contributed by atoms with Crippen molar-refractivity contribution in [3.63, 3.8) is 0 Å². The van der Waals surface area contributed by atoms with Gasteiger partial charge in [0.2, 0.25) is 0 Å². The zero-order valence-electron chi connectivity index (χ0n) is 10.2. The molecule has 0 aromatic heterocycles. The van der Waals surface area contributed by atoms with Crippen LogP contribution >= 0.6 is 0 Å². The van der Waals surface area contributed by atoms with E-state index >= 15 is 0 Å². The van der Waals surface area contributed by atoms with Crippen molar-refractivity contribution in [3.05, 3.63) is 65.8 Å². The average Bonchev–Trinajstić information content (AvgIpc) is 2.65. The van der Waals surface area contributed by atoms with Gasteiger partial charge in [-0.05, 0) is 36.1 Å². The number of rotatable bonds is 4. The van der Waals surface area contributed by atoms with Crippen molar-refractivity contribution < 1.29 is 4.74 Å². The highest BCUT2D eigenvalue weighted by Gasteiger charge is 1.98. The summed E-state index contributed by atoms with van der Waals surface area (Å²) in [6, 6.07) is 8.33. The van der Waals surface area contributed by atoms with Crippen molar-refractivity contribution in [2.75, 3.05) is 6.61 Å². The molecule has 1 heteroatoms. The third-order valence-electron chi connectivity index (χ3n) is 2.83. The van der Waals surface area contributed by atoms with Gasteiger partial charge in [-0.2, -0.15) is 0 Å². The van der Waals surface area contributed by atoms with E-state index in [1.165, 1.54) is 11.1 Å². The molecule has 0 N–H and O–H groups in total. The topological polar surface area (TPSA) is 9.23 Å². The van der Waals surface area contributed by atoms with Crippen LogP contribution in [0.3, 0.4) is 0 Å². The highest BCUT2D eigenvalue weighted by molar-refractivity contribution is 5.29. The van der Waals surface area contributed by atoms with Crippen molar-refractivity contribution in [1.82, 2.24) is 0 Å². The molecule has 1 aliphatic rings. The van der Waals surface area contributed by atoms with E-state index in [4.69, 9.17) is 4.74 Å². The first kappa shape index (κ1) is 11.7. The average molecular weight is 226 g/mol. The van der Waals surface area contributed by atoms with Crippen LogP contribution in [0.25, 0.3) is 0 Å². The van der Waals surface area contributed by atoms with Gasteiger partial charge in [-0.15, -0.1) is 0 Å². The molecule has 1 aliphatic carbocycles. The Bertz CT molecular complexity index is 435. The third kappa shape index (κ3) is 3.63. The molecule has 0 amide bonds. The van der Waals surface area contributed by atoms with Crippen molar-refractivity contribution in [2.24, 2.45) is 0 Å². The van der Waals surface area contributed by atoms with E-state index in [1.807, 2.05) is 18.2 Å². The Hall–Kier alpha value is -1.76. The summed E-state index contributed by atoms with van der Waals surface area (Å²) in [5.74, 6) is 0.945. The SMILES string of the molecule is CCc1ccc(OCC2=CC=CC=CC2)cc1. The molecule has 0 saturated carbocycles. The molecule has 0 atom stereocenters. The molecule has 17 heavy (non-hydrogen) atoms. The fourth-order valence-electron chi connectivity index (χ4n) is 1.73. The van der Waals surface area contributed by atoms with E-state index in [2.05, 4.69) is 43.4 Å². The summed E-state index contributed by atoms with van der Waals surface area (Å²) in [5, 5.41) is 0. The number of hydrogen-bond donors (Lipinski definition) is 0. The molecule has 2 rings (SSSR count). The molecular formula is C16H18O. The second-order valence-corrected chi connectivity index (χ2v) is 4.13. The molecule has 88 valence electrons. The van der Waals surface area contributed by atoms with Gasteiger partial charge >= 0.3 is 0 Å². The predicted octanol–water partition coefficient (Wildman–Crippen LogP) is 4.07. The van der Waals surface area contributed by atoms with Gasteiger partial charge in [0, 0.05) is 0 Å². The summed E-state index contributed by atoms with van der Waals surface area (Å²) in [6.07, 6.45) is 12.5. The van der Waals surface area contributed by atoms with Crippen LogP contribution in [0.1, 0.15) is 18.9 Å². The minimum absolute atomic E-state index is 0.667. The summed E-state index contributed by atoms with van der Waals surface area (Å²) in [6.45, 7) is 2.82. The second-order valence-electron chi connectivity index (χ2n) is 4.13. The number of ether oxygens (including phenoxy) is 1. The van der Waals surface area contributed by atoms with E-state index in [-0.39, 0.29) is 0 Å². The molecule has 1 aromatic rings. The number of aryl methyl sites for hydroxylation is 1. The number of allylic oxidation sites excluding steroid dienone is 5. The van der Waals surface area contributed by atoms with Crippen LogP contribution in [0.2, 0.25) is 0 Å². The summed E-state index contributed by atoms with van der Waals surface area (Å²) in [5.41, 5.74) is 2.64. The van der Waals surface area contributed by atoms with Gasteiger partial charge in [0.1, 0.15) is 12.4 Å². The molecule has 0 heterocycles. The molecule has 0 fully saturated rings. The minimum atomic E-state index is 0.667. The van der Waals surface area contributed by atoms with Gasteiger partial charge in [-0.1, -0.05) is 49.4 Å². The first-order valence-corrected chi connectivity index (χ1v) is 6.11. The molecule has 0 radical (unpaired) electrons. The summed E-state index contributed by atoms with van der Waals surface area (Å²) < 4.78 is 5.76. The van der Waals surface area contributed by atoms with Crippen LogP contribution in [0, 0.1) is 0 Å². The lowest BCUT2D eigenvalue weighted by Gasteiger charge is -2.08. The lowest BCUT2D eigenvalue weighted by atomic mass is 10.1. The largest absolute Gasteiger partial charge is 0.489 e. The lowest BCUT2D eigenvalue weighted by Crippen LogP contribution is -2.00. The zero-order valence-corrected chi connectivity index (χ0v) is 10.2. The zero-order chi connectivity index (χ0) is 11.9. The van der Waals surface area contributed by atoms with E-state index in [9.17, 15) is 0 Å². The van der Waals surface area contributed by atoms with Gasteiger partial charge in [0.05, 0.1) is 0 Å². The Morgan fingerprint density at radius 2 is 1.88 bits per heavy atom. The van der Waals surface area contributed by atoms with Crippen molar-refractivity contribution in [2.45, 2.75) is 19.8 Å². The molecule has 0 bridgehead atoms. The molecule has 0 spiro atoms. The standard InChI is InChI=1S/C16H18O/c1-2-14-9-11-16(12-10-14)17-13-15-7-5-3-4-6-8-15/h3-7,9-12H,2,8,13H2,1H3. The van der Waals surface area contributed by atoms with Crippen molar-refractivity contribution in [1.29, 1.82) is 0 Å². The summed E-state index contributed by atoms with van der Waals surface area (Å²) >= 11 is 0. The van der Waals surface area contributed by atoms with Crippen molar-refractivity contribution >= 4 is 0 Å². The fraction of sp³-hybridized carbons (Fsp3) is 0.250. The van der Waals surface area contributed by atoms with Crippen LogP contribution < -0.4 is 4.74 Å². The predicted molar refractivity (Wildman–Crippen MR) is 72.3 cm³/mol. The molecule has 1 aromatic carbocycles. The van der Waals surface area contributed by atoms with Gasteiger partial charge < -0.3 is 4.74 Å². The van der Waals surface area contributed by atoms with Gasteiger partial charge in [0.15, 0.2) is 0 Å². The van der Waals surface area contributed by atoms with Gasteiger partial charge in [-0.25, -0.2) is 0 Å². The second kappa shape index (κ2) is 6.09. The quantitative estimate of drug-likeness (QED) is 0.752. The molecular weight excluding hydrogens is 208 g/mol. The minimum Gasteiger partial charge on any atom is -0.489 e. The summed E-state index contributed by atoms with van der Waals surface area (Å²) in [7, 11) is 0. The maximum Gasteiger partial charge on any atom is 0.119 e. The first-order valence-electron chi connectivity index (χ1n) is 6.11. The Balaban J connectivity index is 1.90. The molecule has 0 saturated heterocycles. The maximum absolute atomic E-state index is 5.76. The lowest BCUT2D eigenvalue weighted by molar-refractivity contribution is 0.350. The van der Waals surface area contributed by atoms with E-state index in [0.29, 0.717) is 6.61 Å². The molecule has 0 aliphatic heterocycles. The Morgan fingerprint density at radius 3 is 2.65 bits per heavy atom.